The van der Waals surface area contributed by atoms with Crippen molar-refractivity contribution in [2.75, 3.05) is 32.7 Å². The van der Waals surface area contributed by atoms with Crippen LogP contribution in [0.1, 0.15) is 27.1 Å². The Hall–Kier alpha value is -2.77. The van der Waals surface area contributed by atoms with Gasteiger partial charge in [-0.1, -0.05) is 18.2 Å². The number of hydrogen-bond donors (Lipinski definition) is 1. The molecule has 4 heterocycles. The number of pyridine rings is 1. The van der Waals surface area contributed by atoms with Crippen molar-refractivity contribution in [3.63, 3.8) is 0 Å². The fourth-order valence-electron chi connectivity index (χ4n) is 5.09. The number of aromatic nitrogens is 1. The second-order valence-electron chi connectivity index (χ2n) is 8.37. The highest BCUT2D eigenvalue weighted by Crippen LogP contribution is 2.39. The van der Waals surface area contributed by atoms with E-state index in [-0.39, 0.29) is 29.5 Å². The van der Waals surface area contributed by atoms with E-state index in [0.717, 1.165) is 0 Å². The van der Waals surface area contributed by atoms with E-state index in [1.165, 1.54) is 0 Å². The molecule has 1 aromatic carbocycles. The van der Waals surface area contributed by atoms with Crippen LogP contribution in [0.5, 0.6) is 0 Å². The molecule has 3 aliphatic rings. The van der Waals surface area contributed by atoms with Crippen LogP contribution in [0.2, 0.25) is 0 Å². The average molecular weight is 392 g/mol. The smallest absolute Gasteiger partial charge is 0.255 e. The summed E-state index contributed by atoms with van der Waals surface area (Å²) in [6.07, 6.45) is 3.52. The van der Waals surface area contributed by atoms with Crippen molar-refractivity contribution >= 4 is 11.8 Å². The summed E-state index contributed by atoms with van der Waals surface area (Å²) in [5.74, 6) is -0.0189. The van der Waals surface area contributed by atoms with Gasteiger partial charge >= 0.3 is 0 Å². The van der Waals surface area contributed by atoms with Crippen LogP contribution in [0.4, 0.5) is 0 Å². The number of hydrogen-bond acceptors (Lipinski definition) is 5. The maximum absolute atomic E-state index is 13.1. The molecular weight excluding hydrogens is 368 g/mol. The minimum Gasteiger partial charge on any atom is -0.392 e. The second kappa shape index (κ2) is 6.93. The molecule has 3 saturated heterocycles. The summed E-state index contributed by atoms with van der Waals surface area (Å²) in [4.78, 5) is 36.0. The quantitative estimate of drug-likeness (QED) is 0.821. The lowest BCUT2D eigenvalue weighted by molar-refractivity contribution is -0.0917. The van der Waals surface area contributed by atoms with Gasteiger partial charge in [0.2, 0.25) is 0 Å². The van der Waals surface area contributed by atoms with Crippen LogP contribution in [0.15, 0.2) is 54.9 Å². The van der Waals surface area contributed by atoms with Gasteiger partial charge in [0.25, 0.3) is 11.8 Å². The van der Waals surface area contributed by atoms with Crippen molar-refractivity contribution < 1.29 is 14.7 Å². The maximum Gasteiger partial charge on any atom is 0.255 e. The topological polar surface area (TPSA) is 77.0 Å². The number of piperazine rings is 1. The van der Waals surface area contributed by atoms with Crippen molar-refractivity contribution in [1.82, 2.24) is 19.7 Å². The van der Waals surface area contributed by atoms with E-state index in [4.69, 9.17) is 0 Å². The van der Waals surface area contributed by atoms with Gasteiger partial charge in [0, 0.05) is 56.7 Å². The molecule has 2 atom stereocenters. The Morgan fingerprint density at radius 1 is 0.931 bits per heavy atom. The first-order valence-corrected chi connectivity index (χ1v) is 10.0. The molecular formula is C22H24N4O3. The molecule has 0 unspecified atom stereocenters. The lowest BCUT2D eigenvalue weighted by Crippen LogP contribution is -2.79. The minimum absolute atomic E-state index is 0.0167. The van der Waals surface area contributed by atoms with Crippen molar-refractivity contribution in [3.8, 4) is 0 Å². The van der Waals surface area contributed by atoms with Gasteiger partial charge in [-0.25, -0.2) is 0 Å². The molecule has 2 amide bonds. The molecule has 3 aliphatic heterocycles. The monoisotopic (exact) mass is 392 g/mol. The maximum atomic E-state index is 13.1. The Kier molecular flexibility index (Phi) is 4.37. The van der Waals surface area contributed by atoms with E-state index < -0.39 is 0 Å². The molecule has 29 heavy (non-hydrogen) atoms. The van der Waals surface area contributed by atoms with Crippen LogP contribution in [-0.4, -0.2) is 87.0 Å². The summed E-state index contributed by atoms with van der Waals surface area (Å²) < 4.78 is 0. The van der Waals surface area contributed by atoms with Gasteiger partial charge in [0.1, 0.15) is 0 Å². The van der Waals surface area contributed by atoms with Crippen molar-refractivity contribution in [2.45, 2.75) is 24.1 Å². The van der Waals surface area contributed by atoms with Crippen LogP contribution >= 0.6 is 0 Å². The Morgan fingerprint density at radius 2 is 1.62 bits per heavy atom. The molecule has 7 heteroatoms. The molecule has 1 N–H and O–H groups in total. The molecule has 0 saturated carbocycles. The summed E-state index contributed by atoms with van der Waals surface area (Å²) in [7, 11) is 0. The molecule has 7 nitrogen and oxygen atoms in total. The number of benzene rings is 1. The van der Waals surface area contributed by atoms with Gasteiger partial charge in [-0.15, -0.1) is 0 Å². The number of amides is 2. The number of aliphatic hydroxyl groups is 1. The van der Waals surface area contributed by atoms with Crippen LogP contribution in [0.25, 0.3) is 0 Å². The fraction of sp³-hybridized carbons (Fsp3) is 0.409. The molecule has 2 aromatic rings. The first-order valence-electron chi connectivity index (χ1n) is 10.0. The minimum atomic E-state index is -0.383. The first kappa shape index (κ1) is 18.3. The summed E-state index contributed by atoms with van der Waals surface area (Å²) in [5.41, 5.74) is 0.966. The zero-order valence-electron chi connectivity index (χ0n) is 16.1. The highest BCUT2D eigenvalue weighted by Gasteiger charge is 2.57. The predicted octanol–water partition coefficient (Wildman–Crippen LogP) is 0.867. The summed E-state index contributed by atoms with van der Waals surface area (Å²) >= 11 is 0. The van der Waals surface area contributed by atoms with E-state index in [9.17, 15) is 14.7 Å². The normalized spacial score (nSPS) is 25.6. The van der Waals surface area contributed by atoms with Gasteiger partial charge in [-0.2, -0.15) is 0 Å². The Labute approximate surface area is 169 Å². The number of carbonyl (C=O) groups is 2. The SMILES string of the molecule is O=C(c1ccccc1)N1C[C@@H]2C[C@@H](O)CN2C2(C1)CN(C(=O)c1cccnc1)C2. The van der Waals surface area contributed by atoms with Crippen LogP contribution < -0.4 is 0 Å². The highest BCUT2D eigenvalue weighted by atomic mass is 16.3. The Morgan fingerprint density at radius 3 is 2.34 bits per heavy atom. The van der Waals surface area contributed by atoms with Crippen LogP contribution in [-0.2, 0) is 0 Å². The molecule has 0 aliphatic carbocycles. The molecule has 0 bridgehead atoms. The van der Waals surface area contributed by atoms with Gasteiger partial charge in [0.05, 0.1) is 17.2 Å². The van der Waals surface area contributed by atoms with E-state index in [1.807, 2.05) is 40.1 Å². The predicted molar refractivity (Wildman–Crippen MR) is 106 cm³/mol. The fourth-order valence-corrected chi connectivity index (χ4v) is 5.09. The van der Waals surface area contributed by atoms with Gasteiger partial charge in [-0.05, 0) is 30.7 Å². The zero-order chi connectivity index (χ0) is 20.0. The highest BCUT2D eigenvalue weighted by molar-refractivity contribution is 5.95. The number of nitrogens with zero attached hydrogens (tertiary/aromatic N) is 4. The summed E-state index contributed by atoms with van der Waals surface area (Å²) in [6, 6.07) is 13.0. The number of likely N-dealkylation sites (tertiary alicyclic amines) is 1. The lowest BCUT2D eigenvalue weighted by Gasteiger charge is -2.60. The number of rotatable bonds is 2. The summed E-state index contributed by atoms with van der Waals surface area (Å²) in [6.45, 7) is 2.90. The number of β-amino-alcohol motifs (C(OH)–C–C–N with tert-alkyl or cyclic N) is 1. The molecule has 3 fully saturated rings. The Balaban J connectivity index is 1.37. The average Bonchev–Trinajstić information content (AvgIpc) is 3.12. The molecule has 1 aromatic heterocycles. The third-order valence-corrected chi connectivity index (χ3v) is 6.39. The van der Waals surface area contributed by atoms with E-state index in [0.29, 0.717) is 50.3 Å². The first-order chi connectivity index (χ1) is 14.1. The molecule has 0 radical (unpaired) electrons. The molecule has 150 valence electrons. The third kappa shape index (κ3) is 3.10. The zero-order valence-corrected chi connectivity index (χ0v) is 16.1. The van der Waals surface area contributed by atoms with Crippen molar-refractivity contribution in [1.29, 1.82) is 0 Å². The van der Waals surface area contributed by atoms with Crippen LogP contribution in [0.3, 0.4) is 0 Å². The largest absolute Gasteiger partial charge is 0.392 e. The molecule has 1 spiro atoms. The van der Waals surface area contributed by atoms with Crippen molar-refractivity contribution in [2.24, 2.45) is 0 Å². The number of aliphatic hydroxyl groups excluding tert-OH is 1. The van der Waals surface area contributed by atoms with Gasteiger partial charge < -0.3 is 14.9 Å². The number of fused-ring (bicyclic) bond motifs is 2. The van der Waals surface area contributed by atoms with Crippen LogP contribution in [0, 0.1) is 0 Å². The molecule has 5 rings (SSSR count). The standard InChI is InChI=1S/C22H24N4O3/c27-19-9-18-11-24(20(28)16-5-2-1-3-6-16)13-22(26(18)12-19)14-25(15-22)21(29)17-7-4-8-23-10-17/h1-8,10,18-19,27H,9,11-15H2/t18-,19+/m0/s1. The second-order valence-corrected chi connectivity index (χ2v) is 8.37. The van der Waals surface area contributed by atoms with Gasteiger partial charge in [0.15, 0.2) is 0 Å². The van der Waals surface area contributed by atoms with E-state index in [2.05, 4.69) is 9.88 Å². The summed E-state index contributed by atoms with van der Waals surface area (Å²) in [5, 5.41) is 10.3. The lowest BCUT2D eigenvalue weighted by atomic mass is 9.83. The van der Waals surface area contributed by atoms with E-state index >= 15 is 0 Å². The van der Waals surface area contributed by atoms with Crippen molar-refractivity contribution in [3.05, 3.63) is 66.0 Å². The Bertz CT molecular complexity index is 914. The third-order valence-electron chi connectivity index (χ3n) is 6.39. The number of carbonyl (C=O) groups excluding carboxylic acids is 2. The van der Waals surface area contributed by atoms with Gasteiger partial charge in [-0.3, -0.25) is 19.5 Å². The van der Waals surface area contributed by atoms with E-state index in [1.54, 1.807) is 24.5 Å².